The van der Waals surface area contributed by atoms with E-state index in [0.717, 1.165) is 41.6 Å². The van der Waals surface area contributed by atoms with E-state index in [1.807, 2.05) is 49.0 Å². The van der Waals surface area contributed by atoms with Crippen LogP contribution in [0.5, 0.6) is 0 Å². The van der Waals surface area contributed by atoms with Gasteiger partial charge in [-0.3, -0.25) is 4.79 Å². The molecule has 1 N–H and O–H groups in total. The van der Waals surface area contributed by atoms with E-state index in [-0.39, 0.29) is 12.5 Å². The molecule has 140 valence electrons. The van der Waals surface area contributed by atoms with Gasteiger partial charge in [0, 0.05) is 5.92 Å². The van der Waals surface area contributed by atoms with Crippen molar-refractivity contribution < 1.29 is 9.32 Å². The summed E-state index contributed by atoms with van der Waals surface area (Å²) in [6.07, 6.45) is 3.73. The molecule has 0 atom stereocenters. The minimum Gasteiger partial charge on any atom is -0.343 e. The van der Waals surface area contributed by atoms with Crippen LogP contribution < -0.4 is 5.32 Å². The van der Waals surface area contributed by atoms with Gasteiger partial charge in [-0.1, -0.05) is 23.4 Å². The largest absolute Gasteiger partial charge is 0.343 e. The SMILES string of the molecule is Cc1c(C(=O)NCc2nc(C3CCSCC3)no2)cnn1-c1ccccc1. The summed E-state index contributed by atoms with van der Waals surface area (Å²) in [5.74, 6) is 3.62. The summed E-state index contributed by atoms with van der Waals surface area (Å²) in [6, 6.07) is 9.72. The number of carbonyl (C=O) groups is 1. The number of aromatic nitrogens is 4. The first kappa shape index (κ1) is 17.8. The Morgan fingerprint density at radius 3 is 2.85 bits per heavy atom. The maximum atomic E-state index is 12.5. The molecule has 0 spiro atoms. The zero-order valence-electron chi connectivity index (χ0n) is 15.1. The smallest absolute Gasteiger partial charge is 0.255 e. The van der Waals surface area contributed by atoms with Crippen molar-refractivity contribution in [1.29, 1.82) is 0 Å². The molecule has 3 aromatic rings. The summed E-state index contributed by atoms with van der Waals surface area (Å²) in [4.78, 5) is 17.0. The summed E-state index contributed by atoms with van der Waals surface area (Å²) in [6.45, 7) is 2.09. The highest BCUT2D eigenvalue weighted by molar-refractivity contribution is 7.99. The molecule has 0 bridgehead atoms. The maximum absolute atomic E-state index is 12.5. The number of carbonyl (C=O) groups excluding carboxylic acids is 1. The molecule has 0 saturated carbocycles. The lowest BCUT2D eigenvalue weighted by Crippen LogP contribution is -2.23. The van der Waals surface area contributed by atoms with Crippen LogP contribution in [-0.2, 0) is 6.54 Å². The number of hydrogen-bond acceptors (Lipinski definition) is 6. The summed E-state index contributed by atoms with van der Waals surface area (Å²) >= 11 is 1.96. The van der Waals surface area contributed by atoms with Crippen molar-refractivity contribution in [2.24, 2.45) is 0 Å². The van der Waals surface area contributed by atoms with Crippen LogP contribution in [0.25, 0.3) is 5.69 Å². The number of thioether (sulfide) groups is 1. The molecule has 7 nitrogen and oxygen atoms in total. The van der Waals surface area contributed by atoms with Crippen LogP contribution >= 0.6 is 11.8 Å². The third-order valence-electron chi connectivity index (χ3n) is 4.73. The Labute approximate surface area is 161 Å². The fourth-order valence-corrected chi connectivity index (χ4v) is 4.28. The van der Waals surface area contributed by atoms with Gasteiger partial charge in [-0.15, -0.1) is 0 Å². The fourth-order valence-electron chi connectivity index (χ4n) is 3.17. The van der Waals surface area contributed by atoms with Gasteiger partial charge in [0.05, 0.1) is 29.7 Å². The van der Waals surface area contributed by atoms with Gasteiger partial charge >= 0.3 is 0 Å². The van der Waals surface area contributed by atoms with Crippen LogP contribution in [0.2, 0.25) is 0 Å². The Morgan fingerprint density at radius 2 is 2.07 bits per heavy atom. The Kier molecular flexibility index (Phi) is 5.24. The van der Waals surface area contributed by atoms with Crippen LogP contribution in [0.4, 0.5) is 0 Å². The minimum atomic E-state index is -0.205. The number of amides is 1. The van der Waals surface area contributed by atoms with Crippen molar-refractivity contribution in [3.63, 3.8) is 0 Å². The van der Waals surface area contributed by atoms with Crippen LogP contribution in [0.3, 0.4) is 0 Å². The van der Waals surface area contributed by atoms with E-state index >= 15 is 0 Å². The lowest BCUT2D eigenvalue weighted by atomic mass is 10.0. The minimum absolute atomic E-state index is 0.205. The maximum Gasteiger partial charge on any atom is 0.255 e. The number of nitrogens with one attached hydrogen (secondary N) is 1. The lowest BCUT2D eigenvalue weighted by Gasteiger charge is -2.17. The standard InChI is InChI=1S/C19H21N5O2S/c1-13-16(11-21-24(13)15-5-3-2-4-6-15)19(25)20-12-17-22-18(23-26-17)14-7-9-27-10-8-14/h2-6,11,14H,7-10,12H2,1H3,(H,20,25). The number of benzene rings is 1. The molecule has 1 aliphatic heterocycles. The van der Waals surface area contributed by atoms with Gasteiger partial charge in [0.15, 0.2) is 5.82 Å². The highest BCUT2D eigenvalue weighted by Crippen LogP contribution is 2.29. The molecule has 2 aromatic heterocycles. The summed E-state index contributed by atoms with van der Waals surface area (Å²) < 4.78 is 7.06. The van der Waals surface area contributed by atoms with Gasteiger partial charge in [0.2, 0.25) is 5.89 Å². The van der Waals surface area contributed by atoms with Crippen LogP contribution in [0.1, 0.15) is 46.5 Å². The first-order chi connectivity index (χ1) is 13.2. The molecule has 0 radical (unpaired) electrons. The third-order valence-corrected chi connectivity index (χ3v) is 5.77. The average molecular weight is 383 g/mol. The second kappa shape index (κ2) is 7.96. The third kappa shape index (κ3) is 3.90. The molecule has 1 saturated heterocycles. The second-order valence-electron chi connectivity index (χ2n) is 6.51. The normalized spacial score (nSPS) is 15.0. The summed E-state index contributed by atoms with van der Waals surface area (Å²) in [5.41, 5.74) is 2.23. The first-order valence-corrected chi connectivity index (χ1v) is 10.2. The highest BCUT2D eigenvalue weighted by Gasteiger charge is 2.22. The van der Waals surface area contributed by atoms with Gasteiger partial charge in [-0.05, 0) is 43.4 Å². The molecule has 1 aliphatic rings. The first-order valence-electron chi connectivity index (χ1n) is 9.01. The molecule has 4 rings (SSSR count). The number of rotatable bonds is 5. The Balaban J connectivity index is 1.40. The quantitative estimate of drug-likeness (QED) is 0.729. The molecular formula is C19H21N5O2S. The predicted octanol–water partition coefficient (Wildman–Crippen LogP) is 3.10. The molecule has 1 amide bonds. The molecule has 1 fully saturated rings. The molecule has 27 heavy (non-hydrogen) atoms. The molecule has 0 aliphatic carbocycles. The van der Waals surface area contributed by atoms with Crippen LogP contribution in [0, 0.1) is 6.92 Å². The van der Waals surface area contributed by atoms with E-state index in [9.17, 15) is 4.79 Å². The van der Waals surface area contributed by atoms with Gasteiger partial charge in [-0.25, -0.2) is 4.68 Å². The zero-order chi connectivity index (χ0) is 18.6. The monoisotopic (exact) mass is 383 g/mol. The number of para-hydroxylation sites is 1. The van der Waals surface area contributed by atoms with Crippen LogP contribution in [-0.4, -0.2) is 37.3 Å². The van der Waals surface area contributed by atoms with Gasteiger partial charge in [0.1, 0.15) is 0 Å². The Hall–Kier alpha value is -2.61. The fraction of sp³-hybridized carbons (Fsp3) is 0.368. The van der Waals surface area contributed by atoms with Crippen molar-refractivity contribution >= 4 is 17.7 Å². The lowest BCUT2D eigenvalue weighted by molar-refractivity contribution is 0.0945. The van der Waals surface area contributed by atoms with Crippen molar-refractivity contribution in [2.75, 3.05) is 11.5 Å². The molecule has 3 heterocycles. The van der Waals surface area contributed by atoms with E-state index in [2.05, 4.69) is 20.6 Å². The topological polar surface area (TPSA) is 85.8 Å². The van der Waals surface area contributed by atoms with Gasteiger partial charge < -0.3 is 9.84 Å². The van der Waals surface area contributed by atoms with Crippen molar-refractivity contribution in [2.45, 2.75) is 32.2 Å². The zero-order valence-corrected chi connectivity index (χ0v) is 15.9. The molecular weight excluding hydrogens is 362 g/mol. The van der Waals surface area contributed by atoms with E-state index < -0.39 is 0 Å². The van der Waals surface area contributed by atoms with E-state index in [0.29, 0.717) is 17.4 Å². The Bertz CT molecular complexity index is 915. The highest BCUT2D eigenvalue weighted by atomic mass is 32.2. The molecule has 0 unspecified atom stereocenters. The predicted molar refractivity (Wildman–Crippen MR) is 103 cm³/mol. The van der Waals surface area contributed by atoms with Crippen molar-refractivity contribution in [3.8, 4) is 5.69 Å². The van der Waals surface area contributed by atoms with Gasteiger partial charge in [0.25, 0.3) is 5.91 Å². The van der Waals surface area contributed by atoms with Crippen LogP contribution in [0.15, 0.2) is 41.1 Å². The molecule has 8 heteroatoms. The van der Waals surface area contributed by atoms with Crippen molar-refractivity contribution in [3.05, 3.63) is 59.5 Å². The van der Waals surface area contributed by atoms with Crippen molar-refractivity contribution in [1.82, 2.24) is 25.2 Å². The Morgan fingerprint density at radius 1 is 1.30 bits per heavy atom. The molecule has 1 aromatic carbocycles. The summed E-state index contributed by atoms with van der Waals surface area (Å²) in [7, 11) is 0. The van der Waals surface area contributed by atoms with Gasteiger partial charge in [-0.2, -0.15) is 21.8 Å². The second-order valence-corrected chi connectivity index (χ2v) is 7.73. The van der Waals surface area contributed by atoms with E-state index in [1.165, 1.54) is 0 Å². The average Bonchev–Trinajstić information content (AvgIpc) is 3.34. The number of hydrogen-bond donors (Lipinski definition) is 1. The number of nitrogens with zero attached hydrogens (tertiary/aromatic N) is 4. The summed E-state index contributed by atoms with van der Waals surface area (Å²) in [5, 5.41) is 11.3. The van der Waals surface area contributed by atoms with E-state index in [4.69, 9.17) is 4.52 Å². The van der Waals surface area contributed by atoms with E-state index in [1.54, 1.807) is 10.9 Å².